The summed E-state index contributed by atoms with van der Waals surface area (Å²) in [6.07, 6.45) is 4.06. The highest BCUT2D eigenvalue weighted by atomic mass is 35.5. The average molecular weight is 414 g/mol. The summed E-state index contributed by atoms with van der Waals surface area (Å²) in [6, 6.07) is 5.20. The monoisotopic (exact) mass is 413 g/mol. The Morgan fingerprint density at radius 1 is 1.04 bits per heavy atom. The third-order valence-corrected chi connectivity index (χ3v) is 5.02. The molecule has 0 saturated heterocycles. The minimum absolute atomic E-state index is 0.0251. The van der Waals surface area contributed by atoms with Crippen molar-refractivity contribution in [2.75, 3.05) is 13.1 Å². The molecule has 7 heteroatoms. The average Bonchev–Trinajstić information content (AvgIpc) is 2.56. The predicted octanol–water partition coefficient (Wildman–Crippen LogP) is 3.79. The van der Waals surface area contributed by atoms with E-state index in [1.807, 2.05) is 20.8 Å². The molecule has 0 spiro atoms. The molecule has 1 aromatic rings. The molecule has 2 rings (SSSR count). The van der Waals surface area contributed by atoms with Crippen LogP contribution in [0.4, 0.5) is 0 Å². The minimum atomic E-state index is -0.207. The SMILES string of the molecule is CC(C)(C)NC(=O)CN[C@H]1CC[C@H](CNC(=O)c2cc(Cl)cc(Cl)c2)CC1. The number of halogens is 2. The van der Waals surface area contributed by atoms with Gasteiger partial charge in [0.05, 0.1) is 6.54 Å². The molecule has 1 fully saturated rings. The van der Waals surface area contributed by atoms with Crippen molar-refractivity contribution in [1.82, 2.24) is 16.0 Å². The summed E-state index contributed by atoms with van der Waals surface area (Å²) in [4.78, 5) is 24.1. The lowest BCUT2D eigenvalue weighted by Crippen LogP contribution is -2.47. The van der Waals surface area contributed by atoms with Crippen molar-refractivity contribution in [2.45, 2.75) is 58.0 Å². The third kappa shape index (κ3) is 8.08. The zero-order valence-corrected chi connectivity index (χ0v) is 17.7. The van der Waals surface area contributed by atoms with Crippen LogP contribution in [0.15, 0.2) is 18.2 Å². The van der Waals surface area contributed by atoms with Gasteiger partial charge in [-0.3, -0.25) is 9.59 Å². The summed E-state index contributed by atoms with van der Waals surface area (Å²) in [7, 11) is 0. The fourth-order valence-electron chi connectivity index (χ4n) is 3.29. The van der Waals surface area contributed by atoms with Gasteiger partial charge in [0.1, 0.15) is 0 Å². The van der Waals surface area contributed by atoms with E-state index in [9.17, 15) is 9.59 Å². The Kier molecular flexibility index (Phi) is 7.95. The summed E-state index contributed by atoms with van der Waals surface area (Å²) >= 11 is 11.9. The van der Waals surface area contributed by atoms with E-state index in [0.29, 0.717) is 40.7 Å². The summed E-state index contributed by atoms with van der Waals surface area (Å²) in [5.41, 5.74) is 0.273. The van der Waals surface area contributed by atoms with Crippen LogP contribution in [0.2, 0.25) is 10.0 Å². The standard InChI is InChI=1S/C20H29Cl2N3O2/c1-20(2,3)25-18(26)12-23-17-6-4-13(5-7-17)11-24-19(27)14-8-15(21)10-16(22)9-14/h8-10,13,17,23H,4-7,11-12H2,1-3H3,(H,24,27)(H,25,26)/t13-,17-. The van der Waals surface area contributed by atoms with Gasteiger partial charge in [-0.25, -0.2) is 0 Å². The lowest BCUT2D eigenvalue weighted by Gasteiger charge is -2.29. The first-order valence-corrected chi connectivity index (χ1v) is 10.2. The van der Waals surface area contributed by atoms with Crippen LogP contribution in [-0.2, 0) is 4.79 Å². The van der Waals surface area contributed by atoms with Crippen molar-refractivity contribution in [3.8, 4) is 0 Å². The van der Waals surface area contributed by atoms with Gasteiger partial charge in [0.15, 0.2) is 0 Å². The highest BCUT2D eigenvalue weighted by Gasteiger charge is 2.22. The van der Waals surface area contributed by atoms with E-state index >= 15 is 0 Å². The van der Waals surface area contributed by atoms with Gasteiger partial charge >= 0.3 is 0 Å². The van der Waals surface area contributed by atoms with Crippen LogP contribution in [0, 0.1) is 5.92 Å². The Labute approximate surface area is 171 Å². The molecule has 5 nitrogen and oxygen atoms in total. The molecule has 0 heterocycles. The third-order valence-electron chi connectivity index (χ3n) is 4.59. The number of benzene rings is 1. The van der Waals surface area contributed by atoms with Crippen molar-refractivity contribution in [1.29, 1.82) is 0 Å². The molecule has 1 aliphatic rings. The van der Waals surface area contributed by atoms with Crippen LogP contribution in [0.5, 0.6) is 0 Å². The Morgan fingerprint density at radius 2 is 1.63 bits per heavy atom. The molecule has 0 atom stereocenters. The second-order valence-corrected chi connectivity index (χ2v) is 9.14. The predicted molar refractivity (Wildman–Crippen MR) is 110 cm³/mol. The van der Waals surface area contributed by atoms with Gasteiger partial charge in [-0.2, -0.15) is 0 Å². The number of carbonyl (C=O) groups is 2. The quantitative estimate of drug-likeness (QED) is 0.664. The van der Waals surface area contributed by atoms with Gasteiger partial charge in [0, 0.05) is 33.7 Å². The fourth-order valence-corrected chi connectivity index (χ4v) is 3.82. The first-order chi connectivity index (χ1) is 12.6. The maximum atomic E-state index is 12.3. The van der Waals surface area contributed by atoms with Crippen molar-refractivity contribution in [3.05, 3.63) is 33.8 Å². The van der Waals surface area contributed by atoms with Crippen molar-refractivity contribution >= 4 is 35.0 Å². The second-order valence-electron chi connectivity index (χ2n) is 8.26. The maximum absolute atomic E-state index is 12.3. The lowest BCUT2D eigenvalue weighted by atomic mass is 9.86. The summed E-state index contributed by atoms with van der Waals surface area (Å²) in [5, 5.41) is 10.2. The molecular weight excluding hydrogens is 385 g/mol. The van der Waals surface area contributed by atoms with Crippen molar-refractivity contribution in [2.24, 2.45) is 5.92 Å². The van der Waals surface area contributed by atoms with Gasteiger partial charge in [0.25, 0.3) is 5.91 Å². The number of nitrogens with one attached hydrogen (secondary N) is 3. The fraction of sp³-hybridized carbons (Fsp3) is 0.600. The Hall–Kier alpha value is -1.30. The van der Waals surface area contributed by atoms with Crippen molar-refractivity contribution in [3.63, 3.8) is 0 Å². The van der Waals surface area contributed by atoms with E-state index in [1.165, 1.54) is 0 Å². The molecule has 0 aromatic heterocycles. The largest absolute Gasteiger partial charge is 0.352 e. The zero-order valence-electron chi connectivity index (χ0n) is 16.2. The Balaban J connectivity index is 1.68. The van der Waals surface area contributed by atoms with Gasteiger partial charge in [0.2, 0.25) is 5.91 Å². The number of amides is 2. The van der Waals surface area contributed by atoms with Crippen LogP contribution in [-0.4, -0.2) is 36.5 Å². The van der Waals surface area contributed by atoms with Gasteiger partial charge < -0.3 is 16.0 Å². The Morgan fingerprint density at radius 3 is 2.19 bits per heavy atom. The van der Waals surface area contributed by atoms with E-state index in [4.69, 9.17) is 23.2 Å². The lowest BCUT2D eigenvalue weighted by molar-refractivity contribution is -0.121. The molecule has 0 aliphatic heterocycles. The summed E-state index contributed by atoms with van der Waals surface area (Å²) in [6.45, 7) is 6.91. The van der Waals surface area contributed by atoms with E-state index in [1.54, 1.807) is 18.2 Å². The van der Waals surface area contributed by atoms with E-state index < -0.39 is 0 Å². The van der Waals surface area contributed by atoms with E-state index in [-0.39, 0.29) is 17.4 Å². The molecule has 0 radical (unpaired) electrons. The highest BCUT2D eigenvalue weighted by molar-refractivity contribution is 6.35. The van der Waals surface area contributed by atoms with Crippen LogP contribution >= 0.6 is 23.2 Å². The first-order valence-electron chi connectivity index (χ1n) is 9.41. The maximum Gasteiger partial charge on any atom is 0.251 e. The van der Waals surface area contributed by atoms with Gasteiger partial charge in [-0.05, 0) is 70.6 Å². The van der Waals surface area contributed by atoms with Gasteiger partial charge in [-0.15, -0.1) is 0 Å². The number of hydrogen-bond donors (Lipinski definition) is 3. The van der Waals surface area contributed by atoms with Crippen LogP contribution in [0.3, 0.4) is 0 Å². The summed E-state index contributed by atoms with van der Waals surface area (Å²) < 4.78 is 0. The molecule has 1 aliphatic carbocycles. The van der Waals surface area contributed by atoms with Crippen LogP contribution < -0.4 is 16.0 Å². The van der Waals surface area contributed by atoms with Crippen LogP contribution in [0.1, 0.15) is 56.8 Å². The van der Waals surface area contributed by atoms with Crippen molar-refractivity contribution < 1.29 is 9.59 Å². The highest BCUT2D eigenvalue weighted by Crippen LogP contribution is 2.24. The molecule has 150 valence electrons. The number of carbonyl (C=O) groups excluding carboxylic acids is 2. The number of rotatable bonds is 6. The molecule has 3 N–H and O–H groups in total. The molecule has 0 unspecified atom stereocenters. The normalized spacial score (nSPS) is 20.2. The summed E-state index contributed by atoms with van der Waals surface area (Å²) in [5.74, 6) is 0.320. The minimum Gasteiger partial charge on any atom is -0.352 e. The molecule has 2 amide bonds. The van der Waals surface area contributed by atoms with E-state index in [0.717, 1.165) is 25.7 Å². The second kappa shape index (κ2) is 9.76. The molecule has 1 saturated carbocycles. The smallest absolute Gasteiger partial charge is 0.251 e. The zero-order chi connectivity index (χ0) is 20.0. The van der Waals surface area contributed by atoms with E-state index in [2.05, 4.69) is 16.0 Å². The first kappa shape index (κ1) is 22.0. The van der Waals surface area contributed by atoms with Crippen LogP contribution in [0.25, 0.3) is 0 Å². The molecular formula is C20H29Cl2N3O2. The molecule has 1 aromatic carbocycles. The molecule has 0 bridgehead atoms. The van der Waals surface area contributed by atoms with Gasteiger partial charge in [-0.1, -0.05) is 23.2 Å². The topological polar surface area (TPSA) is 70.2 Å². The molecule has 27 heavy (non-hydrogen) atoms. The Bertz CT molecular complexity index is 645. The number of hydrogen-bond acceptors (Lipinski definition) is 3.